The third-order valence-electron chi connectivity index (χ3n) is 6.26. The molecule has 0 unspecified atom stereocenters. The predicted molar refractivity (Wildman–Crippen MR) is 132 cm³/mol. The summed E-state index contributed by atoms with van der Waals surface area (Å²) < 4.78 is 44.5. The van der Waals surface area contributed by atoms with Crippen LogP contribution in [0.1, 0.15) is 64.5 Å². The third-order valence-corrected chi connectivity index (χ3v) is 6.26. The number of H-pyrrole nitrogens is 1. The van der Waals surface area contributed by atoms with E-state index in [9.17, 15) is 32.7 Å². The summed E-state index contributed by atoms with van der Waals surface area (Å²) in [5.74, 6) is -2.17. The molecule has 3 rings (SSSR count). The van der Waals surface area contributed by atoms with E-state index < -0.39 is 47.0 Å². The van der Waals surface area contributed by atoms with Crippen LogP contribution in [0.15, 0.2) is 40.9 Å². The SMILES string of the molecule is CCCC(C)(C)[C@@H](C(=O)C(=O)Nc1ccn[nH]1)N(C(=O)O)[C@H](CC)c1nnc(-c2ccc(C(F)(F)F)cc2)o1. The second-order valence-corrected chi connectivity index (χ2v) is 9.56. The summed E-state index contributed by atoms with van der Waals surface area (Å²) in [6.07, 6.45) is -3.55. The maximum Gasteiger partial charge on any atom is 0.416 e. The maximum absolute atomic E-state index is 13.5. The molecule has 1 aromatic carbocycles. The van der Waals surface area contributed by atoms with Crippen LogP contribution in [-0.2, 0) is 15.8 Å². The number of hydrogen-bond acceptors (Lipinski definition) is 7. The van der Waals surface area contributed by atoms with Crippen molar-refractivity contribution < 1.29 is 37.1 Å². The van der Waals surface area contributed by atoms with Crippen molar-refractivity contribution in [2.75, 3.05) is 5.32 Å². The molecule has 0 radical (unpaired) electrons. The van der Waals surface area contributed by atoms with Crippen molar-refractivity contribution in [2.24, 2.45) is 5.41 Å². The van der Waals surface area contributed by atoms with Crippen LogP contribution in [0.25, 0.3) is 11.5 Å². The number of halogens is 3. The quantitative estimate of drug-likeness (QED) is 0.271. The van der Waals surface area contributed by atoms with Gasteiger partial charge in [0.2, 0.25) is 17.6 Å². The summed E-state index contributed by atoms with van der Waals surface area (Å²) in [6, 6.07) is 2.90. The summed E-state index contributed by atoms with van der Waals surface area (Å²) in [4.78, 5) is 39.9. The van der Waals surface area contributed by atoms with Gasteiger partial charge in [0, 0.05) is 11.6 Å². The number of carbonyl (C=O) groups is 3. The molecule has 0 aliphatic heterocycles. The Kier molecular flexibility index (Phi) is 8.77. The van der Waals surface area contributed by atoms with E-state index in [1.165, 1.54) is 12.3 Å². The predicted octanol–water partition coefficient (Wildman–Crippen LogP) is 5.31. The Morgan fingerprint density at radius 1 is 1.10 bits per heavy atom. The van der Waals surface area contributed by atoms with Gasteiger partial charge in [-0.1, -0.05) is 34.1 Å². The summed E-state index contributed by atoms with van der Waals surface area (Å²) in [6.45, 7) is 6.88. The van der Waals surface area contributed by atoms with Crippen LogP contribution < -0.4 is 5.32 Å². The fourth-order valence-corrected chi connectivity index (χ4v) is 4.47. The van der Waals surface area contributed by atoms with Gasteiger partial charge in [0.15, 0.2) is 0 Å². The zero-order valence-electron chi connectivity index (χ0n) is 21.7. The average Bonchev–Trinajstić information content (AvgIpc) is 3.55. The summed E-state index contributed by atoms with van der Waals surface area (Å²) in [7, 11) is 0. The molecular formula is C25H29F3N6O5. The maximum atomic E-state index is 13.5. The van der Waals surface area contributed by atoms with Crippen molar-refractivity contribution in [3.8, 4) is 11.5 Å². The average molecular weight is 551 g/mol. The molecular weight excluding hydrogens is 521 g/mol. The number of ketones is 1. The van der Waals surface area contributed by atoms with Crippen LogP contribution in [0, 0.1) is 5.41 Å². The number of benzene rings is 1. The second kappa shape index (κ2) is 11.7. The van der Waals surface area contributed by atoms with Gasteiger partial charge in [-0.25, -0.2) is 4.79 Å². The Bertz CT molecular complexity index is 1290. The van der Waals surface area contributed by atoms with Crippen molar-refractivity contribution in [3.05, 3.63) is 48.0 Å². The number of Topliss-reactive ketones (excluding diaryl/α,β-unsaturated/α-hetero) is 1. The molecule has 3 N–H and O–H groups in total. The fourth-order valence-electron chi connectivity index (χ4n) is 4.47. The van der Waals surface area contributed by atoms with E-state index in [-0.39, 0.29) is 29.6 Å². The molecule has 2 amide bonds. The van der Waals surface area contributed by atoms with Crippen LogP contribution in [0.3, 0.4) is 0 Å². The van der Waals surface area contributed by atoms with Gasteiger partial charge in [0.05, 0.1) is 11.8 Å². The number of aromatic nitrogens is 4. The van der Waals surface area contributed by atoms with Gasteiger partial charge in [0.1, 0.15) is 17.9 Å². The molecule has 2 heterocycles. The zero-order chi connectivity index (χ0) is 29.0. The van der Waals surface area contributed by atoms with Gasteiger partial charge in [-0.15, -0.1) is 10.2 Å². The molecule has 210 valence electrons. The molecule has 2 atom stereocenters. The number of alkyl halides is 3. The highest BCUT2D eigenvalue weighted by molar-refractivity contribution is 6.42. The van der Waals surface area contributed by atoms with Crippen LogP contribution in [0.5, 0.6) is 0 Å². The van der Waals surface area contributed by atoms with Crippen LogP contribution >= 0.6 is 0 Å². The first-order valence-corrected chi connectivity index (χ1v) is 12.2. The Balaban J connectivity index is 2.00. The fraction of sp³-hybridized carbons (Fsp3) is 0.440. The molecule has 0 saturated heterocycles. The minimum atomic E-state index is -4.52. The third kappa shape index (κ3) is 6.62. The normalized spacial score (nSPS) is 13.5. The van der Waals surface area contributed by atoms with Gasteiger partial charge in [-0.05, 0) is 42.5 Å². The molecule has 0 fully saturated rings. The monoisotopic (exact) mass is 550 g/mol. The number of hydrogen-bond donors (Lipinski definition) is 3. The smallest absolute Gasteiger partial charge is 0.416 e. The first-order valence-electron chi connectivity index (χ1n) is 12.2. The van der Waals surface area contributed by atoms with Gasteiger partial charge in [-0.3, -0.25) is 19.6 Å². The minimum Gasteiger partial charge on any atom is -0.465 e. The van der Waals surface area contributed by atoms with Gasteiger partial charge in [-0.2, -0.15) is 18.3 Å². The van der Waals surface area contributed by atoms with E-state index in [4.69, 9.17) is 4.42 Å². The lowest BCUT2D eigenvalue weighted by Crippen LogP contribution is -2.56. The van der Waals surface area contributed by atoms with Crippen LogP contribution in [0.4, 0.5) is 23.8 Å². The van der Waals surface area contributed by atoms with E-state index >= 15 is 0 Å². The molecule has 0 saturated carbocycles. The highest BCUT2D eigenvalue weighted by Crippen LogP contribution is 2.38. The van der Waals surface area contributed by atoms with Gasteiger partial charge < -0.3 is 14.8 Å². The van der Waals surface area contributed by atoms with Crippen LogP contribution in [-0.4, -0.2) is 54.2 Å². The molecule has 2 aromatic heterocycles. The number of aromatic amines is 1. The Morgan fingerprint density at radius 2 is 1.77 bits per heavy atom. The number of nitrogens with one attached hydrogen (secondary N) is 2. The molecule has 14 heteroatoms. The number of amides is 2. The van der Waals surface area contributed by atoms with E-state index in [1.807, 2.05) is 6.92 Å². The highest BCUT2D eigenvalue weighted by atomic mass is 19.4. The Labute approximate surface area is 221 Å². The number of carbonyl (C=O) groups excluding carboxylic acids is 2. The molecule has 0 bridgehead atoms. The minimum absolute atomic E-state index is 0.0924. The molecule has 0 aliphatic rings. The lowest BCUT2D eigenvalue weighted by molar-refractivity contribution is -0.141. The van der Waals surface area contributed by atoms with Crippen LogP contribution in [0.2, 0.25) is 0 Å². The Hall–Kier alpha value is -4.23. The molecule has 39 heavy (non-hydrogen) atoms. The highest BCUT2D eigenvalue weighted by Gasteiger charge is 2.47. The molecule has 0 spiro atoms. The lowest BCUT2D eigenvalue weighted by atomic mass is 9.76. The van der Waals surface area contributed by atoms with E-state index in [0.29, 0.717) is 12.8 Å². The summed E-state index contributed by atoms with van der Waals surface area (Å²) >= 11 is 0. The number of rotatable bonds is 11. The number of anilines is 1. The van der Waals surface area contributed by atoms with Gasteiger partial charge in [0.25, 0.3) is 5.91 Å². The molecule has 3 aromatic rings. The first kappa shape index (κ1) is 29.3. The number of carboxylic acid groups (broad SMARTS) is 1. The Morgan fingerprint density at radius 3 is 2.28 bits per heavy atom. The number of nitrogens with zero attached hydrogens (tertiary/aromatic N) is 4. The standard InChI is InChI=1S/C25H29F3N6O5/c1-5-12-24(3,4)19(18(35)20(36)30-17-11-13-29-31-17)34(23(37)38)16(6-2)22-33-32-21(39-22)14-7-9-15(10-8-14)25(26,27)28/h7-11,13,16,19H,5-6,12H2,1-4H3,(H,37,38)(H2,29,30,31,36)/t16-,19-/m1/s1. The van der Waals surface area contributed by atoms with Crippen molar-refractivity contribution >= 4 is 23.6 Å². The summed E-state index contributed by atoms with van der Waals surface area (Å²) in [5.41, 5.74) is -1.65. The lowest BCUT2D eigenvalue weighted by Gasteiger charge is -2.41. The van der Waals surface area contributed by atoms with E-state index in [1.54, 1.807) is 20.8 Å². The molecule has 0 aliphatic carbocycles. The zero-order valence-corrected chi connectivity index (χ0v) is 21.7. The van der Waals surface area contributed by atoms with E-state index in [2.05, 4.69) is 25.7 Å². The topological polar surface area (TPSA) is 154 Å². The molecule has 11 nitrogen and oxygen atoms in total. The van der Waals surface area contributed by atoms with Crippen molar-refractivity contribution in [3.63, 3.8) is 0 Å². The van der Waals surface area contributed by atoms with Crippen molar-refractivity contribution in [1.82, 2.24) is 25.3 Å². The van der Waals surface area contributed by atoms with E-state index in [0.717, 1.165) is 29.2 Å². The van der Waals surface area contributed by atoms with Gasteiger partial charge >= 0.3 is 12.3 Å². The first-order chi connectivity index (χ1) is 18.3. The summed E-state index contributed by atoms with van der Waals surface area (Å²) in [5, 5.41) is 26.7. The van der Waals surface area contributed by atoms with Crippen molar-refractivity contribution in [1.29, 1.82) is 0 Å². The largest absolute Gasteiger partial charge is 0.465 e. The second-order valence-electron chi connectivity index (χ2n) is 9.56. The van der Waals surface area contributed by atoms with Crippen molar-refractivity contribution in [2.45, 2.75) is 65.2 Å².